The lowest BCUT2D eigenvalue weighted by molar-refractivity contribution is -0.291. The Bertz CT molecular complexity index is 190. The van der Waals surface area contributed by atoms with Gasteiger partial charge in [0.15, 0.2) is 6.29 Å². The van der Waals surface area contributed by atoms with Gasteiger partial charge in [-0.15, -0.1) is 0 Å². The average Bonchev–Trinajstić information content (AvgIpc) is 2.37. The molecule has 1 rings (SSSR count). The Morgan fingerprint density at radius 3 is 1.89 bits per heavy atom. The first-order valence-corrected chi connectivity index (χ1v) is 6.86. The van der Waals surface area contributed by atoms with Gasteiger partial charge in [0.05, 0.1) is 6.61 Å². The molecule has 0 amide bonds. The molecule has 1 aliphatic heterocycles. The molecule has 0 unspecified atom stereocenters. The van der Waals surface area contributed by atoms with Gasteiger partial charge in [-0.2, -0.15) is 0 Å². The molecule has 0 aromatic heterocycles. The van der Waals surface area contributed by atoms with E-state index in [1.165, 1.54) is 0 Å². The van der Waals surface area contributed by atoms with E-state index < -0.39 is 0 Å². The third-order valence-electron chi connectivity index (χ3n) is 2.81. The lowest BCUT2D eigenvalue weighted by atomic mass is 10.0. The van der Waals surface area contributed by atoms with Crippen molar-refractivity contribution in [2.24, 2.45) is 0 Å². The second kappa shape index (κ2) is 8.82. The van der Waals surface area contributed by atoms with Crippen molar-refractivity contribution in [1.29, 1.82) is 0 Å². The SMILES string of the molecule is CCO[C@H]1OC[C@@H](OCC)[C@@H](OCC)[C@@H]1OCC. The normalized spacial score (nSPS) is 32.7. The molecule has 0 aromatic rings. The highest BCUT2D eigenvalue weighted by Crippen LogP contribution is 2.24. The van der Waals surface area contributed by atoms with E-state index in [9.17, 15) is 0 Å². The quantitative estimate of drug-likeness (QED) is 0.665. The molecule has 1 fully saturated rings. The van der Waals surface area contributed by atoms with E-state index >= 15 is 0 Å². The van der Waals surface area contributed by atoms with Crippen LogP contribution in [0.5, 0.6) is 0 Å². The van der Waals surface area contributed by atoms with Crippen molar-refractivity contribution < 1.29 is 23.7 Å². The van der Waals surface area contributed by atoms with E-state index in [0.717, 1.165) is 0 Å². The fourth-order valence-electron chi connectivity index (χ4n) is 2.17. The molecule has 1 aliphatic rings. The van der Waals surface area contributed by atoms with Crippen LogP contribution >= 0.6 is 0 Å². The summed E-state index contributed by atoms with van der Waals surface area (Å²) in [5, 5.41) is 0. The fraction of sp³-hybridized carbons (Fsp3) is 1.00. The summed E-state index contributed by atoms with van der Waals surface area (Å²) in [7, 11) is 0. The number of ether oxygens (including phenoxy) is 5. The van der Waals surface area contributed by atoms with E-state index in [0.29, 0.717) is 33.0 Å². The van der Waals surface area contributed by atoms with E-state index in [1.807, 2.05) is 27.7 Å². The van der Waals surface area contributed by atoms with Gasteiger partial charge in [-0.05, 0) is 27.7 Å². The smallest absolute Gasteiger partial charge is 0.186 e. The zero-order chi connectivity index (χ0) is 13.4. The Balaban J connectivity index is 2.72. The highest BCUT2D eigenvalue weighted by atomic mass is 16.7. The summed E-state index contributed by atoms with van der Waals surface area (Å²) in [6.45, 7) is 10.8. The van der Waals surface area contributed by atoms with Crippen molar-refractivity contribution in [3.8, 4) is 0 Å². The summed E-state index contributed by atoms with van der Waals surface area (Å²) < 4.78 is 28.4. The molecule has 1 heterocycles. The predicted octanol–water partition coefficient (Wildman–Crippen LogP) is 1.59. The number of hydrogen-bond acceptors (Lipinski definition) is 5. The molecular weight excluding hydrogens is 236 g/mol. The minimum Gasteiger partial charge on any atom is -0.373 e. The summed E-state index contributed by atoms with van der Waals surface area (Å²) in [6.07, 6.45) is -0.841. The van der Waals surface area contributed by atoms with Crippen LogP contribution in [0.4, 0.5) is 0 Å². The predicted molar refractivity (Wildman–Crippen MR) is 67.6 cm³/mol. The minimum atomic E-state index is -0.372. The van der Waals surface area contributed by atoms with Gasteiger partial charge in [0.25, 0.3) is 0 Å². The maximum Gasteiger partial charge on any atom is 0.186 e. The largest absolute Gasteiger partial charge is 0.373 e. The maximum absolute atomic E-state index is 5.78. The molecule has 1 saturated heterocycles. The van der Waals surface area contributed by atoms with Crippen LogP contribution in [-0.2, 0) is 23.7 Å². The maximum atomic E-state index is 5.78. The van der Waals surface area contributed by atoms with Gasteiger partial charge in [-0.1, -0.05) is 0 Å². The summed E-state index contributed by atoms with van der Waals surface area (Å²) >= 11 is 0. The average molecular weight is 262 g/mol. The van der Waals surface area contributed by atoms with Crippen LogP contribution in [-0.4, -0.2) is 57.6 Å². The van der Waals surface area contributed by atoms with Crippen molar-refractivity contribution in [2.75, 3.05) is 33.0 Å². The van der Waals surface area contributed by atoms with Gasteiger partial charge in [0, 0.05) is 26.4 Å². The van der Waals surface area contributed by atoms with Crippen LogP contribution in [0.25, 0.3) is 0 Å². The van der Waals surface area contributed by atoms with Crippen LogP contribution in [0.3, 0.4) is 0 Å². The third-order valence-corrected chi connectivity index (χ3v) is 2.81. The molecule has 18 heavy (non-hydrogen) atoms. The zero-order valence-corrected chi connectivity index (χ0v) is 11.9. The van der Waals surface area contributed by atoms with Crippen molar-refractivity contribution in [3.05, 3.63) is 0 Å². The first-order chi connectivity index (χ1) is 8.78. The molecule has 0 bridgehead atoms. The van der Waals surface area contributed by atoms with Crippen LogP contribution < -0.4 is 0 Å². The second-order valence-corrected chi connectivity index (χ2v) is 3.99. The first kappa shape index (κ1) is 15.9. The molecule has 0 aromatic carbocycles. The van der Waals surface area contributed by atoms with Gasteiger partial charge < -0.3 is 23.7 Å². The van der Waals surface area contributed by atoms with E-state index in [-0.39, 0.29) is 24.6 Å². The Labute approximate surface area is 110 Å². The highest BCUT2D eigenvalue weighted by Gasteiger charge is 2.42. The van der Waals surface area contributed by atoms with Crippen LogP contribution in [0.15, 0.2) is 0 Å². The Morgan fingerprint density at radius 1 is 0.778 bits per heavy atom. The van der Waals surface area contributed by atoms with E-state index in [4.69, 9.17) is 23.7 Å². The summed E-state index contributed by atoms with van der Waals surface area (Å²) in [5.41, 5.74) is 0. The van der Waals surface area contributed by atoms with Crippen molar-refractivity contribution >= 4 is 0 Å². The molecule has 0 N–H and O–H groups in total. The number of rotatable bonds is 8. The van der Waals surface area contributed by atoms with Crippen molar-refractivity contribution in [1.82, 2.24) is 0 Å². The van der Waals surface area contributed by atoms with Gasteiger partial charge in [0.1, 0.15) is 18.3 Å². The topological polar surface area (TPSA) is 46.2 Å². The summed E-state index contributed by atoms with van der Waals surface area (Å²) in [5.74, 6) is 0. The standard InChI is InChI=1S/C13H26O5/c1-5-14-10-9-18-13(17-8-4)12(16-7-3)11(10)15-6-2/h10-13H,5-9H2,1-4H3/t10-,11-,12+,13+/m1/s1. The monoisotopic (exact) mass is 262 g/mol. The van der Waals surface area contributed by atoms with Gasteiger partial charge >= 0.3 is 0 Å². The second-order valence-electron chi connectivity index (χ2n) is 3.99. The minimum absolute atomic E-state index is 0.0943. The molecule has 0 aliphatic carbocycles. The molecule has 4 atom stereocenters. The van der Waals surface area contributed by atoms with Crippen LogP contribution in [0.1, 0.15) is 27.7 Å². The fourth-order valence-corrected chi connectivity index (χ4v) is 2.17. The first-order valence-electron chi connectivity index (χ1n) is 6.86. The van der Waals surface area contributed by atoms with Crippen molar-refractivity contribution in [2.45, 2.75) is 52.3 Å². The van der Waals surface area contributed by atoms with Gasteiger partial charge in [-0.3, -0.25) is 0 Å². The lowest BCUT2D eigenvalue weighted by Gasteiger charge is -2.41. The molecule has 108 valence electrons. The Morgan fingerprint density at radius 2 is 1.33 bits per heavy atom. The van der Waals surface area contributed by atoms with E-state index in [2.05, 4.69) is 0 Å². The van der Waals surface area contributed by atoms with Crippen LogP contribution in [0, 0.1) is 0 Å². The molecule has 5 heteroatoms. The summed E-state index contributed by atoms with van der Waals surface area (Å²) in [4.78, 5) is 0. The molecular formula is C13H26O5. The molecule has 0 saturated carbocycles. The van der Waals surface area contributed by atoms with Crippen LogP contribution in [0.2, 0.25) is 0 Å². The van der Waals surface area contributed by atoms with Gasteiger partial charge in [-0.25, -0.2) is 0 Å². The van der Waals surface area contributed by atoms with E-state index in [1.54, 1.807) is 0 Å². The van der Waals surface area contributed by atoms with Gasteiger partial charge in [0.2, 0.25) is 0 Å². The third kappa shape index (κ3) is 4.17. The number of hydrogen-bond donors (Lipinski definition) is 0. The lowest BCUT2D eigenvalue weighted by Crippen LogP contribution is -2.57. The molecule has 0 radical (unpaired) electrons. The summed E-state index contributed by atoms with van der Waals surface area (Å²) in [6, 6.07) is 0. The highest BCUT2D eigenvalue weighted by molar-refractivity contribution is 4.86. The Kier molecular flexibility index (Phi) is 7.77. The molecule has 5 nitrogen and oxygen atoms in total. The van der Waals surface area contributed by atoms with Crippen molar-refractivity contribution in [3.63, 3.8) is 0 Å². The zero-order valence-electron chi connectivity index (χ0n) is 11.9. The molecule has 0 spiro atoms. The Hall–Kier alpha value is -0.200.